The summed E-state index contributed by atoms with van der Waals surface area (Å²) in [4.78, 5) is 12.0. The Balaban J connectivity index is 2.87. The highest BCUT2D eigenvalue weighted by molar-refractivity contribution is 5.96. The first-order valence-electron chi connectivity index (χ1n) is 5.30. The van der Waals surface area contributed by atoms with E-state index in [2.05, 4.69) is 16.5 Å². The van der Waals surface area contributed by atoms with Gasteiger partial charge in [0.25, 0.3) is 0 Å². The lowest BCUT2D eigenvalue weighted by atomic mass is 9.83. The summed E-state index contributed by atoms with van der Waals surface area (Å²) in [5.41, 5.74) is -0.940. The lowest BCUT2D eigenvalue weighted by Crippen LogP contribution is -2.34. The summed E-state index contributed by atoms with van der Waals surface area (Å²) < 4.78 is 1.56. The second kappa shape index (κ2) is 4.79. The number of carbonyl (C=O) groups excluding carboxylic acids is 1. The van der Waals surface area contributed by atoms with E-state index in [-0.39, 0.29) is 5.91 Å². The molecule has 0 saturated heterocycles. The van der Waals surface area contributed by atoms with Crippen molar-refractivity contribution in [2.24, 2.45) is 12.5 Å². The van der Waals surface area contributed by atoms with Crippen LogP contribution >= 0.6 is 0 Å². The van der Waals surface area contributed by atoms with E-state index in [9.17, 15) is 4.79 Å². The van der Waals surface area contributed by atoms with Gasteiger partial charge in [-0.3, -0.25) is 9.48 Å². The van der Waals surface area contributed by atoms with E-state index in [1.54, 1.807) is 24.0 Å². The molecule has 0 bridgehead atoms. The minimum atomic E-state index is -0.940. The minimum Gasteiger partial charge on any atom is -0.310 e. The van der Waals surface area contributed by atoms with Crippen molar-refractivity contribution in [3.05, 3.63) is 12.3 Å². The summed E-state index contributed by atoms with van der Waals surface area (Å²) in [6, 6.07) is 3.80. The predicted molar refractivity (Wildman–Crippen MR) is 60.5 cm³/mol. The Hall–Kier alpha value is -1.83. The number of nitrogens with one attached hydrogen (secondary N) is 1. The molecular formula is C11H16N4O. The van der Waals surface area contributed by atoms with E-state index in [0.717, 1.165) is 0 Å². The summed E-state index contributed by atoms with van der Waals surface area (Å²) in [5.74, 6) is 0.343. The number of nitrogens with zero attached hydrogens (tertiary/aromatic N) is 3. The molecule has 0 atom stereocenters. The summed E-state index contributed by atoms with van der Waals surface area (Å²) >= 11 is 0. The molecule has 86 valence electrons. The van der Waals surface area contributed by atoms with Crippen LogP contribution in [0.25, 0.3) is 0 Å². The first-order valence-corrected chi connectivity index (χ1v) is 5.30. The fourth-order valence-electron chi connectivity index (χ4n) is 1.51. The highest BCUT2D eigenvalue weighted by atomic mass is 16.2. The van der Waals surface area contributed by atoms with Gasteiger partial charge in [-0.2, -0.15) is 10.4 Å². The molecule has 0 aliphatic carbocycles. The van der Waals surface area contributed by atoms with Gasteiger partial charge in [0, 0.05) is 13.1 Å². The summed E-state index contributed by atoms with van der Waals surface area (Å²) in [6.07, 6.45) is 2.61. The van der Waals surface area contributed by atoms with Gasteiger partial charge >= 0.3 is 0 Å². The standard InChI is InChI=1S/C11H16N4O/c1-4-11(5-2,8-12)10(16)14-9-6-7-13-15(9)3/h6-7H,4-5H2,1-3H3,(H,14,16). The van der Waals surface area contributed by atoms with Crippen LogP contribution < -0.4 is 5.32 Å². The van der Waals surface area contributed by atoms with E-state index in [4.69, 9.17) is 5.26 Å². The molecule has 0 radical (unpaired) electrons. The number of rotatable bonds is 4. The smallest absolute Gasteiger partial charge is 0.245 e. The third-order valence-electron chi connectivity index (χ3n) is 2.92. The maximum Gasteiger partial charge on any atom is 0.245 e. The quantitative estimate of drug-likeness (QED) is 0.839. The van der Waals surface area contributed by atoms with E-state index in [0.29, 0.717) is 18.7 Å². The van der Waals surface area contributed by atoms with Crippen molar-refractivity contribution in [2.75, 3.05) is 5.32 Å². The van der Waals surface area contributed by atoms with Crippen molar-refractivity contribution >= 4 is 11.7 Å². The molecule has 1 rings (SSSR count). The second-order valence-electron chi connectivity index (χ2n) is 3.70. The van der Waals surface area contributed by atoms with E-state index >= 15 is 0 Å². The normalized spacial score (nSPS) is 10.9. The number of aryl methyl sites for hydroxylation is 1. The van der Waals surface area contributed by atoms with Gasteiger partial charge in [0.1, 0.15) is 11.2 Å². The largest absolute Gasteiger partial charge is 0.310 e. The van der Waals surface area contributed by atoms with Crippen molar-refractivity contribution < 1.29 is 4.79 Å². The van der Waals surface area contributed by atoms with Gasteiger partial charge in [0.2, 0.25) is 5.91 Å². The molecule has 0 spiro atoms. The molecule has 0 saturated carbocycles. The van der Waals surface area contributed by atoms with Crippen molar-refractivity contribution in [1.82, 2.24) is 9.78 Å². The van der Waals surface area contributed by atoms with Crippen LogP contribution in [0.4, 0.5) is 5.82 Å². The molecule has 0 aliphatic heterocycles. The van der Waals surface area contributed by atoms with Crippen LogP contribution in [-0.2, 0) is 11.8 Å². The molecule has 1 aromatic heterocycles. The lowest BCUT2D eigenvalue weighted by molar-refractivity contribution is -0.123. The minimum absolute atomic E-state index is 0.261. The summed E-state index contributed by atoms with van der Waals surface area (Å²) in [6.45, 7) is 3.69. The molecule has 0 fully saturated rings. The van der Waals surface area contributed by atoms with Crippen LogP contribution in [0, 0.1) is 16.7 Å². The molecule has 1 heterocycles. The van der Waals surface area contributed by atoms with Crippen LogP contribution in [0.2, 0.25) is 0 Å². The fraction of sp³-hybridized carbons (Fsp3) is 0.545. The number of hydrogen-bond donors (Lipinski definition) is 1. The molecule has 16 heavy (non-hydrogen) atoms. The molecule has 1 amide bonds. The first-order chi connectivity index (χ1) is 7.59. The zero-order valence-corrected chi connectivity index (χ0v) is 9.82. The van der Waals surface area contributed by atoms with Gasteiger partial charge in [-0.05, 0) is 12.8 Å². The van der Waals surface area contributed by atoms with E-state index in [1.807, 2.05) is 13.8 Å². The van der Waals surface area contributed by atoms with Gasteiger partial charge in [-0.15, -0.1) is 0 Å². The molecule has 1 N–H and O–H groups in total. The summed E-state index contributed by atoms with van der Waals surface area (Å²) in [7, 11) is 1.74. The van der Waals surface area contributed by atoms with Gasteiger partial charge in [0.15, 0.2) is 0 Å². The van der Waals surface area contributed by atoms with Gasteiger partial charge < -0.3 is 5.32 Å². The Morgan fingerprint density at radius 1 is 1.62 bits per heavy atom. The third-order valence-corrected chi connectivity index (χ3v) is 2.92. The average molecular weight is 220 g/mol. The zero-order valence-electron chi connectivity index (χ0n) is 9.82. The second-order valence-corrected chi connectivity index (χ2v) is 3.70. The van der Waals surface area contributed by atoms with E-state index in [1.165, 1.54) is 0 Å². The van der Waals surface area contributed by atoms with Crippen LogP contribution in [0.15, 0.2) is 12.3 Å². The number of anilines is 1. The maximum atomic E-state index is 12.0. The van der Waals surface area contributed by atoms with Gasteiger partial charge in [0.05, 0.1) is 12.3 Å². The van der Waals surface area contributed by atoms with Crippen LogP contribution in [-0.4, -0.2) is 15.7 Å². The Bertz CT molecular complexity index is 412. The predicted octanol–water partition coefficient (Wildman–Crippen LogP) is 1.69. The fourth-order valence-corrected chi connectivity index (χ4v) is 1.51. The Morgan fingerprint density at radius 2 is 2.25 bits per heavy atom. The number of carbonyl (C=O) groups is 1. The number of nitriles is 1. The zero-order chi connectivity index (χ0) is 12.2. The molecule has 0 aromatic carbocycles. The molecule has 5 nitrogen and oxygen atoms in total. The molecular weight excluding hydrogens is 204 g/mol. The Kier molecular flexibility index (Phi) is 3.67. The van der Waals surface area contributed by atoms with Crippen LogP contribution in [0.1, 0.15) is 26.7 Å². The molecule has 5 heteroatoms. The first kappa shape index (κ1) is 12.2. The van der Waals surface area contributed by atoms with Crippen LogP contribution in [0.5, 0.6) is 0 Å². The molecule has 0 unspecified atom stereocenters. The lowest BCUT2D eigenvalue weighted by Gasteiger charge is -2.21. The highest BCUT2D eigenvalue weighted by Gasteiger charge is 2.35. The Morgan fingerprint density at radius 3 is 2.62 bits per heavy atom. The van der Waals surface area contributed by atoms with E-state index < -0.39 is 5.41 Å². The van der Waals surface area contributed by atoms with Gasteiger partial charge in [-0.25, -0.2) is 0 Å². The SMILES string of the molecule is CCC(C#N)(CC)C(=O)Nc1ccnn1C. The van der Waals surface area contributed by atoms with Crippen molar-refractivity contribution in [1.29, 1.82) is 5.26 Å². The molecule has 0 aliphatic rings. The van der Waals surface area contributed by atoms with Crippen LogP contribution in [0.3, 0.4) is 0 Å². The summed E-state index contributed by atoms with van der Waals surface area (Å²) in [5, 5.41) is 15.8. The van der Waals surface area contributed by atoms with Crippen molar-refractivity contribution in [2.45, 2.75) is 26.7 Å². The average Bonchev–Trinajstić information content (AvgIpc) is 2.68. The Labute approximate surface area is 95.1 Å². The van der Waals surface area contributed by atoms with Gasteiger partial charge in [-0.1, -0.05) is 13.8 Å². The third kappa shape index (κ3) is 2.06. The monoisotopic (exact) mass is 220 g/mol. The number of hydrogen-bond acceptors (Lipinski definition) is 3. The van der Waals surface area contributed by atoms with Crippen molar-refractivity contribution in [3.8, 4) is 6.07 Å². The number of aromatic nitrogens is 2. The highest BCUT2D eigenvalue weighted by Crippen LogP contribution is 2.27. The van der Waals surface area contributed by atoms with Crippen molar-refractivity contribution in [3.63, 3.8) is 0 Å². The number of amides is 1. The topological polar surface area (TPSA) is 70.7 Å². The maximum absolute atomic E-state index is 12.0. The molecule has 1 aromatic rings.